The summed E-state index contributed by atoms with van der Waals surface area (Å²) >= 11 is 3.58. The van der Waals surface area contributed by atoms with Gasteiger partial charge in [-0.1, -0.05) is 46.3 Å². The van der Waals surface area contributed by atoms with Gasteiger partial charge in [0, 0.05) is 4.83 Å². The van der Waals surface area contributed by atoms with Crippen molar-refractivity contribution in [1.82, 2.24) is 0 Å². The van der Waals surface area contributed by atoms with Gasteiger partial charge in [0.25, 0.3) is 0 Å². The first-order chi connectivity index (χ1) is 6.36. The number of benzene rings is 1. The third kappa shape index (κ3) is 2.32. The molecule has 1 aromatic rings. The first-order valence-electron chi connectivity index (χ1n) is 4.66. The summed E-state index contributed by atoms with van der Waals surface area (Å²) in [5.74, 6) is 0. The Morgan fingerprint density at radius 1 is 1.23 bits per heavy atom. The van der Waals surface area contributed by atoms with Crippen LogP contribution in [0.2, 0.25) is 0 Å². The quantitative estimate of drug-likeness (QED) is 0.739. The van der Waals surface area contributed by atoms with Crippen molar-refractivity contribution in [2.24, 2.45) is 0 Å². The van der Waals surface area contributed by atoms with Gasteiger partial charge < -0.3 is 4.74 Å². The summed E-state index contributed by atoms with van der Waals surface area (Å²) in [6.45, 7) is 0.744. The smallest absolute Gasteiger partial charge is 0.0721 e. The molecule has 0 amide bonds. The maximum absolute atomic E-state index is 5.73. The van der Waals surface area contributed by atoms with Gasteiger partial charge in [-0.05, 0) is 18.4 Å². The molecule has 0 spiro atoms. The topological polar surface area (TPSA) is 9.23 Å². The maximum Gasteiger partial charge on any atom is 0.0721 e. The van der Waals surface area contributed by atoms with Crippen LogP contribution in [-0.2, 0) is 11.3 Å². The van der Waals surface area contributed by atoms with Crippen molar-refractivity contribution in [2.75, 3.05) is 0 Å². The minimum Gasteiger partial charge on any atom is -0.372 e. The minimum absolute atomic E-state index is 0.431. The predicted molar refractivity (Wildman–Crippen MR) is 57.0 cm³/mol. The van der Waals surface area contributed by atoms with E-state index in [1.165, 1.54) is 18.4 Å². The number of ether oxygens (including phenoxy) is 1. The molecule has 2 atom stereocenters. The van der Waals surface area contributed by atoms with E-state index < -0.39 is 0 Å². The number of rotatable bonds is 3. The molecule has 2 unspecified atom stereocenters. The summed E-state index contributed by atoms with van der Waals surface area (Å²) in [5.41, 5.74) is 1.26. The fourth-order valence-electron chi connectivity index (χ4n) is 1.39. The van der Waals surface area contributed by atoms with Crippen molar-refractivity contribution in [3.05, 3.63) is 35.9 Å². The molecule has 0 aromatic heterocycles. The first kappa shape index (κ1) is 9.22. The van der Waals surface area contributed by atoms with E-state index in [0.717, 1.165) is 6.61 Å². The molecule has 1 aromatic carbocycles. The molecule has 1 nitrogen and oxygen atoms in total. The van der Waals surface area contributed by atoms with Gasteiger partial charge >= 0.3 is 0 Å². The highest BCUT2D eigenvalue weighted by molar-refractivity contribution is 9.09. The Bertz CT molecular complexity index is 260. The second kappa shape index (κ2) is 4.25. The van der Waals surface area contributed by atoms with E-state index in [4.69, 9.17) is 4.74 Å². The largest absolute Gasteiger partial charge is 0.372 e. The lowest BCUT2D eigenvalue weighted by atomic mass is 9.96. The molecule has 1 aliphatic carbocycles. The van der Waals surface area contributed by atoms with Crippen LogP contribution >= 0.6 is 15.9 Å². The van der Waals surface area contributed by atoms with Crippen LogP contribution in [0.1, 0.15) is 18.4 Å². The van der Waals surface area contributed by atoms with E-state index in [9.17, 15) is 0 Å². The van der Waals surface area contributed by atoms with Crippen LogP contribution < -0.4 is 0 Å². The van der Waals surface area contributed by atoms with Gasteiger partial charge in [0.15, 0.2) is 0 Å². The SMILES string of the molecule is BrC1CCC1OCc1ccccc1. The van der Waals surface area contributed by atoms with Crippen LogP contribution in [0, 0.1) is 0 Å². The van der Waals surface area contributed by atoms with Crippen LogP contribution in [-0.4, -0.2) is 10.9 Å². The lowest BCUT2D eigenvalue weighted by Crippen LogP contribution is -2.34. The summed E-state index contributed by atoms with van der Waals surface area (Å²) in [7, 11) is 0. The third-order valence-electron chi connectivity index (χ3n) is 2.44. The molecule has 70 valence electrons. The minimum atomic E-state index is 0.431. The Balaban J connectivity index is 1.80. The molecule has 1 fully saturated rings. The molecule has 0 bridgehead atoms. The zero-order chi connectivity index (χ0) is 9.10. The highest BCUT2D eigenvalue weighted by Crippen LogP contribution is 2.30. The molecule has 0 heterocycles. The normalized spacial score (nSPS) is 26.8. The third-order valence-corrected chi connectivity index (χ3v) is 3.48. The standard InChI is InChI=1S/C11H13BrO/c12-10-6-7-11(10)13-8-9-4-2-1-3-5-9/h1-5,10-11H,6-8H2. The summed E-state index contributed by atoms with van der Waals surface area (Å²) in [6.07, 6.45) is 2.88. The maximum atomic E-state index is 5.73. The lowest BCUT2D eigenvalue weighted by molar-refractivity contribution is -0.00117. The second-order valence-corrected chi connectivity index (χ2v) is 4.60. The van der Waals surface area contributed by atoms with Crippen molar-refractivity contribution in [3.8, 4) is 0 Å². The van der Waals surface area contributed by atoms with Gasteiger partial charge in [0.2, 0.25) is 0 Å². The lowest BCUT2D eigenvalue weighted by Gasteiger charge is -2.31. The van der Waals surface area contributed by atoms with Crippen LogP contribution in [0.4, 0.5) is 0 Å². The average molecular weight is 241 g/mol. The van der Waals surface area contributed by atoms with E-state index in [0.29, 0.717) is 10.9 Å². The van der Waals surface area contributed by atoms with Gasteiger partial charge in [-0.2, -0.15) is 0 Å². The van der Waals surface area contributed by atoms with E-state index in [1.54, 1.807) is 0 Å². The van der Waals surface area contributed by atoms with Crippen molar-refractivity contribution in [3.63, 3.8) is 0 Å². The summed E-state index contributed by atoms with van der Waals surface area (Å²) in [6, 6.07) is 10.3. The Labute approximate surface area is 87.2 Å². The van der Waals surface area contributed by atoms with Crippen LogP contribution in [0.25, 0.3) is 0 Å². The zero-order valence-electron chi connectivity index (χ0n) is 7.45. The van der Waals surface area contributed by atoms with Gasteiger partial charge in [0.1, 0.15) is 0 Å². The predicted octanol–water partition coefficient (Wildman–Crippen LogP) is 3.13. The molecule has 1 saturated carbocycles. The molecular formula is C11H13BrO. The highest BCUT2D eigenvalue weighted by atomic mass is 79.9. The second-order valence-electron chi connectivity index (χ2n) is 3.43. The molecular weight excluding hydrogens is 228 g/mol. The number of hydrogen-bond acceptors (Lipinski definition) is 1. The Morgan fingerprint density at radius 2 is 2.00 bits per heavy atom. The van der Waals surface area contributed by atoms with E-state index in [-0.39, 0.29) is 0 Å². The summed E-state index contributed by atoms with van der Waals surface area (Å²) in [5, 5.41) is 0. The molecule has 2 rings (SSSR count). The monoisotopic (exact) mass is 240 g/mol. The van der Waals surface area contributed by atoms with Crippen LogP contribution in [0.3, 0.4) is 0 Å². The molecule has 0 aliphatic heterocycles. The summed E-state index contributed by atoms with van der Waals surface area (Å²) < 4.78 is 5.73. The van der Waals surface area contributed by atoms with Crippen molar-refractivity contribution in [2.45, 2.75) is 30.4 Å². The van der Waals surface area contributed by atoms with Gasteiger partial charge in [-0.25, -0.2) is 0 Å². The fourth-order valence-corrected chi connectivity index (χ4v) is 2.08. The van der Waals surface area contributed by atoms with Crippen LogP contribution in [0.15, 0.2) is 30.3 Å². The van der Waals surface area contributed by atoms with Crippen LogP contribution in [0.5, 0.6) is 0 Å². The number of halogens is 1. The molecule has 1 aliphatic rings. The van der Waals surface area contributed by atoms with Crippen molar-refractivity contribution in [1.29, 1.82) is 0 Å². The Kier molecular flexibility index (Phi) is 3.01. The van der Waals surface area contributed by atoms with Gasteiger partial charge in [-0.15, -0.1) is 0 Å². The average Bonchev–Trinajstić information content (AvgIpc) is 2.17. The molecule has 0 saturated heterocycles. The molecule has 2 heteroatoms. The Morgan fingerprint density at radius 3 is 2.54 bits per heavy atom. The van der Waals surface area contributed by atoms with E-state index in [1.807, 2.05) is 18.2 Å². The molecule has 0 N–H and O–H groups in total. The first-order valence-corrected chi connectivity index (χ1v) is 5.57. The van der Waals surface area contributed by atoms with Crippen molar-refractivity contribution < 1.29 is 4.74 Å². The zero-order valence-corrected chi connectivity index (χ0v) is 9.03. The van der Waals surface area contributed by atoms with E-state index >= 15 is 0 Å². The fraction of sp³-hybridized carbons (Fsp3) is 0.455. The Hall–Kier alpha value is -0.340. The van der Waals surface area contributed by atoms with E-state index in [2.05, 4.69) is 28.1 Å². The van der Waals surface area contributed by atoms with Gasteiger partial charge in [-0.3, -0.25) is 0 Å². The number of hydrogen-bond donors (Lipinski definition) is 0. The molecule has 0 radical (unpaired) electrons. The highest BCUT2D eigenvalue weighted by Gasteiger charge is 2.28. The molecule has 13 heavy (non-hydrogen) atoms. The van der Waals surface area contributed by atoms with Gasteiger partial charge in [0.05, 0.1) is 12.7 Å². The van der Waals surface area contributed by atoms with Crippen molar-refractivity contribution >= 4 is 15.9 Å². The number of alkyl halides is 1. The summed E-state index contributed by atoms with van der Waals surface area (Å²) in [4.78, 5) is 0.580.